The van der Waals surface area contributed by atoms with Gasteiger partial charge in [0.2, 0.25) is 0 Å². The van der Waals surface area contributed by atoms with E-state index in [1.54, 1.807) is 11.3 Å². The number of aromatic nitrogens is 5. The molecule has 3 heterocycles. The van der Waals surface area contributed by atoms with E-state index in [0.717, 1.165) is 27.9 Å². The molecule has 0 aliphatic heterocycles. The van der Waals surface area contributed by atoms with Crippen LogP contribution < -0.4 is 5.56 Å². The molecule has 174 valence electrons. The number of nitrogens with one attached hydrogen (secondary N) is 1. The molecule has 0 aliphatic rings. The van der Waals surface area contributed by atoms with Gasteiger partial charge in [0, 0.05) is 23.5 Å². The van der Waals surface area contributed by atoms with Crippen LogP contribution in [0, 0.1) is 12.8 Å². The van der Waals surface area contributed by atoms with Gasteiger partial charge in [-0.2, -0.15) is 0 Å². The third kappa shape index (κ3) is 4.91. The Kier molecular flexibility index (Phi) is 6.50. The van der Waals surface area contributed by atoms with Crippen LogP contribution in [0.1, 0.15) is 62.5 Å². The Morgan fingerprint density at radius 3 is 2.61 bits per heavy atom. The quantitative estimate of drug-likeness (QED) is 0.414. The van der Waals surface area contributed by atoms with Gasteiger partial charge in [0.1, 0.15) is 0 Å². The fraction of sp³-hybridized carbons (Fsp3) is 0.440. The second kappa shape index (κ2) is 9.19. The minimum Gasteiger partial charge on any atom is -0.321 e. The van der Waals surface area contributed by atoms with Crippen molar-refractivity contribution in [2.24, 2.45) is 5.92 Å². The van der Waals surface area contributed by atoms with E-state index < -0.39 is 0 Å². The number of para-hydroxylation sites is 1. The van der Waals surface area contributed by atoms with E-state index in [4.69, 9.17) is 0 Å². The zero-order chi connectivity index (χ0) is 23.8. The predicted molar refractivity (Wildman–Crippen MR) is 133 cm³/mol. The summed E-state index contributed by atoms with van der Waals surface area (Å²) < 4.78 is 1.91. The summed E-state index contributed by atoms with van der Waals surface area (Å²) in [6, 6.07) is 12.2. The van der Waals surface area contributed by atoms with Crippen LogP contribution in [-0.2, 0) is 18.6 Å². The van der Waals surface area contributed by atoms with Gasteiger partial charge < -0.3 is 4.98 Å². The van der Waals surface area contributed by atoms with Gasteiger partial charge in [-0.25, -0.2) is 4.68 Å². The van der Waals surface area contributed by atoms with Crippen LogP contribution in [0.5, 0.6) is 0 Å². The molecule has 33 heavy (non-hydrogen) atoms. The van der Waals surface area contributed by atoms with Gasteiger partial charge >= 0.3 is 0 Å². The Morgan fingerprint density at radius 1 is 1.15 bits per heavy atom. The lowest BCUT2D eigenvalue weighted by molar-refractivity contribution is 0.121. The highest BCUT2D eigenvalue weighted by atomic mass is 32.1. The van der Waals surface area contributed by atoms with Crippen LogP contribution in [0.15, 0.2) is 46.6 Å². The summed E-state index contributed by atoms with van der Waals surface area (Å²) in [5.74, 6) is 1.06. The van der Waals surface area contributed by atoms with E-state index in [9.17, 15) is 4.79 Å². The fourth-order valence-corrected chi connectivity index (χ4v) is 5.09. The zero-order valence-corrected chi connectivity index (χ0v) is 21.0. The summed E-state index contributed by atoms with van der Waals surface area (Å²) in [7, 11) is 0. The van der Waals surface area contributed by atoms with Crippen LogP contribution in [0.2, 0.25) is 0 Å². The van der Waals surface area contributed by atoms with E-state index in [1.807, 2.05) is 35.9 Å². The van der Waals surface area contributed by atoms with Crippen molar-refractivity contribution in [2.45, 2.75) is 66.2 Å². The van der Waals surface area contributed by atoms with Gasteiger partial charge in [-0.1, -0.05) is 38.1 Å². The molecule has 3 aromatic heterocycles. The topological polar surface area (TPSA) is 79.7 Å². The van der Waals surface area contributed by atoms with Gasteiger partial charge in [0.25, 0.3) is 5.56 Å². The van der Waals surface area contributed by atoms with Crippen LogP contribution in [0.4, 0.5) is 0 Å². The van der Waals surface area contributed by atoms with Crippen molar-refractivity contribution in [3.63, 3.8) is 0 Å². The fourth-order valence-electron chi connectivity index (χ4n) is 4.36. The SMILES string of the molecule is Cc1cccc2cc(CN(Cc3cccs3)[C@H](c3nnnn3C(C)(C)C)C(C)C)c(=O)[nH]c12. The largest absolute Gasteiger partial charge is 0.321 e. The molecule has 0 saturated heterocycles. The third-order valence-electron chi connectivity index (χ3n) is 5.90. The van der Waals surface area contributed by atoms with Crippen molar-refractivity contribution in [3.8, 4) is 0 Å². The molecule has 0 saturated carbocycles. The average Bonchev–Trinajstić information content (AvgIpc) is 3.41. The Hall–Kier alpha value is -2.84. The van der Waals surface area contributed by atoms with Gasteiger partial charge in [-0.05, 0) is 72.5 Å². The second-order valence-electron chi connectivity index (χ2n) is 9.96. The summed E-state index contributed by atoms with van der Waals surface area (Å²) in [4.78, 5) is 19.8. The van der Waals surface area contributed by atoms with Crippen LogP contribution in [-0.4, -0.2) is 30.1 Å². The summed E-state index contributed by atoms with van der Waals surface area (Å²) in [5.41, 5.74) is 2.40. The Balaban J connectivity index is 1.80. The highest BCUT2D eigenvalue weighted by molar-refractivity contribution is 7.09. The maximum absolute atomic E-state index is 13.1. The molecule has 1 N–H and O–H groups in total. The molecule has 1 aromatic carbocycles. The average molecular weight is 465 g/mol. The number of rotatable bonds is 7. The van der Waals surface area contributed by atoms with Crippen LogP contribution in [0.3, 0.4) is 0 Å². The number of thiophene rings is 1. The number of H-pyrrole nitrogens is 1. The van der Waals surface area contributed by atoms with Gasteiger partial charge in [0.05, 0.1) is 17.1 Å². The van der Waals surface area contributed by atoms with Crippen molar-refractivity contribution >= 4 is 22.2 Å². The van der Waals surface area contributed by atoms with Crippen molar-refractivity contribution in [2.75, 3.05) is 0 Å². The van der Waals surface area contributed by atoms with Crippen molar-refractivity contribution < 1.29 is 0 Å². The van der Waals surface area contributed by atoms with E-state index in [1.165, 1.54) is 4.88 Å². The summed E-state index contributed by atoms with van der Waals surface area (Å²) in [6.07, 6.45) is 0. The standard InChI is InChI=1S/C25H32N6OS/c1-16(2)22(23-27-28-29-31(23)25(4,5)6)30(15-20-11-8-12-33-20)14-19-13-18-10-7-9-17(3)21(18)26-24(19)32/h7-13,16,22H,14-15H2,1-6H3,(H,26,32)/t22-/m0/s1. The molecule has 4 rings (SSSR count). The number of aryl methyl sites for hydroxylation is 1. The molecule has 4 aromatic rings. The first-order chi connectivity index (χ1) is 15.6. The van der Waals surface area contributed by atoms with Gasteiger partial charge in [-0.15, -0.1) is 16.4 Å². The number of hydrogen-bond donors (Lipinski definition) is 1. The van der Waals surface area contributed by atoms with E-state index in [2.05, 4.69) is 77.5 Å². The van der Waals surface area contributed by atoms with E-state index >= 15 is 0 Å². The minimum absolute atomic E-state index is 0.0501. The van der Waals surface area contributed by atoms with Crippen molar-refractivity contribution in [1.82, 2.24) is 30.1 Å². The Labute approximate surface area is 198 Å². The maximum Gasteiger partial charge on any atom is 0.252 e. The molecular formula is C25H32N6OS. The lowest BCUT2D eigenvalue weighted by Crippen LogP contribution is -2.37. The highest BCUT2D eigenvalue weighted by Gasteiger charge is 2.33. The lowest BCUT2D eigenvalue weighted by Gasteiger charge is -2.35. The first-order valence-electron chi connectivity index (χ1n) is 11.3. The highest BCUT2D eigenvalue weighted by Crippen LogP contribution is 2.32. The van der Waals surface area contributed by atoms with Crippen LogP contribution in [0.25, 0.3) is 10.9 Å². The van der Waals surface area contributed by atoms with Crippen molar-refractivity contribution in [3.05, 3.63) is 74.0 Å². The maximum atomic E-state index is 13.1. The molecule has 0 spiro atoms. The minimum atomic E-state index is -0.251. The monoisotopic (exact) mass is 464 g/mol. The molecule has 0 fully saturated rings. The molecule has 0 unspecified atom stereocenters. The number of hydrogen-bond acceptors (Lipinski definition) is 6. The molecule has 8 heteroatoms. The number of benzene rings is 1. The number of fused-ring (bicyclic) bond motifs is 1. The Bertz CT molecular complexity index is 1280. The predicted octanol–water partition coefficient (Wildman–Crippen LogP) is 5.04. The smallest absolute Gasteiger partial charge is 0.252 e. The summed E-state index contributed by atoms with van der Waals surface area (Å²) in [5, 5.41) is 15.9. The normalized spacial score (nSPS) is 13.3. The number of tetrazole rings is 1. The molecule has 0 amide bonds. The van der Waals surface area contributed by atoms with Gasteiger partial charge in [0.15, 0.2) is 5.82 Å². The molecular weight excluding hydrogens is 432 g/mol. The lowest BCUT2D eigenvalue weighted by atomic mass is 9.99. The zero-order valence-electron chi connectivity index (χ0n) is 20.2. The van der Waals surface area contributed by atoms with Gasteiger partial charge in [-0.3, -0.25) is 9.69 Å². The van der Waals surface area contributed by atoms with E-state index in [0.29, 0.717) is 13.1 Å². The summed E-state index contributed by atoms with van der Waals surface area (Å²) >= 11 is 1.72. The third-order valence-corrected chi connectivity index (χ3v) is 6.76. The molecule has 0 aliphatic carbocycles. The van der Waals surface area contributed by atoms with E-state index in [-0.39, 0.29) is 23.1 Å². The molecule has 0 bridgehead atoms. The molecule has 1 atom stereocenters. The Morgan fingerprint density at radius 2 is 1.94 bits per heavy atom. The first kappa shape index (κ1) is 23.3. The number of aromatic amines is 1. The van der Waals surface area contributed by atoms with Crippen molar-refractivity contribution in [1.29, 1.82) is 0 Å². The molecule has 7 nitrogen and oxygen atoms in total. The summed E-state index contributed by atoms with van der Waals surface area (Å²) in [6.45, 7) is 13.9. The number of pyridine rings is 1. The first-order valence-corrected chi connectivity index (χ1v) is 12.2. The van der Waals surface area contributed by atoms with Crippen LogP contribution >= 0.6 is 11.3 Å². The molecule has 0 radical (unpaired) electrons. The number of nitrogens with zero attached hydrogens (tertiary/aromatic N) is 5. The second-order valence-corrected chi connectivity index (χ2v) is 11.0.